The van der Waals surface area contributed by atoms with Crippen molar-refractivity contribution in [1.82, 2.24) is 24.4 Å². The summed E-state index contributed by atoms with van der Waals surface area (Å²) >= 11 is 0. The molecule has 3 aromatic carbocycles. The van der Waals surface area contributed by atoms with E-state index in [1.54, 1.807) is 4.57 Å². The van der Waals surface area contributed by atoms with Crippen LogP contribution < -0.4 is 16.0 Å². The normalized spacial score (nSPS) is 16.6. The number of fused-ring (bicyclic) bond motifs is 2. The van der Waals surface area contributed by atoms with E-state index in [0.717, 1.165) is 97.4 Å². The fourth-order valence-electron chi connectivity index (χ4n) is 6.09. The second-order valence-corrected chi connectivity index (χ2v) is 11.1. The van der Waals surface area contributed by atoms with Gasteiger partial charge in [0, 0.05) is 44.3 Å². The fraction of sp³-hybridized carbons (Fsp3) is 0.344. The first-order chi connectivity index (χ1) is 19.6. The Morgan fingerprint density at radius 3 is 2.38 bits per heavy atom. The molecule has 1 aliphatic carbocycles. The van der Waals surface area contributed by atoms with E-state index in [0.29, 0.717) is 0 Å². The molecule has 0 radical (unpaired) electrons. The Kier molecular flexibility index (Phi) is 6.27. The monoisotopic (exact) mass is 534 g/mol. The number of hydrogen-bond acceptors (Lipinski definition) is 5. The molecule has 0 bridgehead atoms. The number of imidazole rings is 1. The number of aryl methyl sites for hydroxylation is 1. The van der Waals surface area contributed by atoms with Crippen molar-refractivity contribution in [3.63, 3.8) is 0 Å². The van der Waals surface area contributed by atoms with Crippen LogP contribution in [0.3, 0.4) is 0 Å². The number of benzene rings is 3. The highest BCUT2D eigenvalue weighted by Gasteiger charge is 2.24. The first-order valence-electron chi connectivity index (χ1n) is 14.4. The van der Waals surface area contributed by atoms with E-state index in [-0.39, 0.29) is 6.04 Å². The van der Waals surface area contributed by atoms with Crippen LogP contribution in [0.15, 0.2) is 70.3 Å². The maximum absolute atomic E-state index is 12.7. The first-order valence-corrected chi connectivity index (χ1v) is 14.4. The summed E-state index contributed by atoms with van der Waals surface area (Å²) in [6.45, 7) is 6.69. The predicted molar refractivity (Wildman–Crippen MR) is 160 cm³/mol. The Morgan fingerprint density at radius 1 is 0.875 bits per heavy atom. The van der Waals surface area contributed by atoms with Crippen molar-refractivity contribution in [3.05, 3.63) is 92.5 Å². The first kappa shape index (κ1) is 24.8. The van der Waals surface area contributed by atoms with Gasteiger partial charge in [-0.05, 0) is 61.1 Å². The van der Waals surface area contributed by atoms with Gasteiger partial charge in [-0.3, -0.25) is 19.1 Å². The van der Waals surface area contributed by atoms with Crippen LogP contribution in [0.25, 0.3) is 33.5 Å². The standard InChI is InChI=1S/C32H34N6O2/c1-2-21-9-12-23(13-10-21)30-33-26-7-4-8-27(29(26)35-30)37-17-15-36(16-18-37)20-22-11-14-25-28(19-22)38(24-5-3-6-24)32(40)31(39)34-25/h4,7-14,19,24H,2-3,5-6,15-18,20H2,1H3,(H,33,35)(H,34,39). The molecule has 40 heavy (non-hydrogen) atoms. The van der Waals surface area contributed by atoms with Crippen LogP contribution in [0.5, 0.6) is 0 Å². The summed E-state index contributed by atoms with van der Waals surface area (Å²) in [5.41, 5.74) is 7.44. The zero-order valence-corrected chi connectivity index (χ0v) is 22.8. The minimum atomic E-state index is -0.531. The largest absolute Gasteiger partial charge is 0.367 e. The van der Waals surface area contributed by atoms with Gasteiger partial charge in [-0.2, -0.15) is 0 Å². The van der Waals surface area contributed by atoms with Gasteiger partial charge in [-0.1, -0.05) is 43.3 Å². The SMILES string of the molecule is CCc1ccc(-c2nc3c(N4CCN(Cc5ccc6[nH]c(=O)c(=O)n(C7CCC7)c6c5)CC4)cccc3[nH]2)cc1. The minimum absolute atomic E-state index is 0.136. The molecule has 2 N–H and O–H groups in total. The zero-order chi connectivity index (χ0) is 27.2. The van der Waals surface area contributed by atoms with Gasteiger partial charge in [0.15, 0.2) is 0 Å². The number of H-pyrrole nitrogens is 2. The van der Waals surface area contributed by atoms with E-state index in [1.165, 1.54) is 11.3 Å². The number of aromatic nitrogens is 4. The molecule has 0 unspecified atom stereocenters. The Balaban J connectivity index is 1.08. The second kappa shape index (κ2) is 10.1. The number of aromatic amines is 2. The number of rotatable bonds is 6. The van der Waals surface area contributed by atoms with Gasteiger partial charge in [-0.25, -0.2) is 4.98 Å². The van der Waals surface area contributed by atoms with Crippen LogP contribution in [0.2, 0.25) is 0 Å². The lowest BCUT2D eigenvalue weighted by atomic mass is 9.92. The molecule has 2 aromatic heterocycles. The molecular weight excluding hydrogens is 500 g/mol. The molecule has 2 aliphatic rings. The molecule has 8 nitrogen and oxygen atoms in total. The average Bonchev–Trinajstić information content (AvgIpc) is 3.40. The second-order valence-electron chi connectivity index (χ2n) is 11.1. The highest BCUT2D eigenvalue weighted by atomic mass is 16.2. The van der Waals surface area contributed by atoms with Crippen molar-refractivity contribution in [2.75, 3.05) is 31.1 Å². The van der Waals surface area contributed by atoms with E-state index in [4.69, 9.17) is 4.98 Å². The Bertz CT molecular complexity index is 1800. The summed E-state index contributed by atoms with van der Waals surface area (Å²) in [5, 5.41) is 0. The highest BCUT2D eigenvalue weighted by molar-refractivity contribution is 5.91. The van der Waals surface area contributed by atoms with Crippen molar-refractivity contribution in [1.29, 1.82) is 0 Å². The molecule has 2 fully saturated rings. The van der Waals surface area contributed by atoms with Crippen LogP contribution in [0, 0.1) is 0 Å². The Morgan fingerprint density at radius 2 is 1.65 bits per heavy atom. The number of nitrogens with one attached hydrogen (secondary N) is 2. The molecule has 1 saturated carbocycles. The number of para-hydroxylation sites is 1. The molecule has 0 spiro atoms. The van der Waals surface area contributed by atoms with E-state index in [1.807, 2.05) is 6.07 Å². The van der Waals surface area contributed by atoms with Gasteiger partial charge in [0.25, 0.3) is 0 Å². The summed E-state index contributed by atoms with van der Waals surface area (Å²) < 4.78 is 1.73. The van der Waals surface area contributed by atoms with E-state index in [2.05, 4.69) is 81.3 Å². The predicted octanol–water partition coefficient (Wildman–Crippen LogP) is 4.84. The lowest BCUT2D eigenvalue weighted by Gasteiger charge is -2.36. The lowest BCUT2D eigenvalue weighted by Crippen LogP contribution is -2.46. The number of nitrogens with zero attached hydrogens (tertiary/aromatic N) is 4. The Labute approximate surface area is 232 Å². The van der Waals surface area contributed by atoms with Crippen LogP contribution >= 0.6 is 0 Å². The van der Waals surface area contributed by atoms with Crippen LogP contribution in [0.1, 0.15) is 43.4 Å². The molecule has 1 saturated heterocycles. The third-order valence-corrected chi connectivity index (χ3v) is 8.67. The fourth-order valence-corrected chi connectivity index (χ4v) is 6.09. The molecule has 0 atom stereocenters. The molecule has 7 rings (SSSR count). The van der Waals surface area contributed by atoms with Crippen molar-refractivity contribution in [2.24, 2.45) is 0 Å². The van der Waals surface area contributed by atoms with Gasteiger partial charge < -0.3 is 14.9 Å². The van der Waals surface area contributed by atoms with E-state index >= 15 is 0 Å². The molecular formula is C32H34N6O2. The minimum Gasteiger partial charge on any atom is -0.367 e. The van der Waals surface area contributed by atoms with Crippen LogP contribution in [-0.4, -0.2) is 50.6 Å². The van der Waals surface area contributed by atoms with Crippen LogP contribution in [-0.2, 0) is 13.0 Å². The van der Waals surface area contributed by atoms with Crippen molar-refractivity contribution < 1.29 is 0 Å². The van der Waals surface area contributed by atoms with Gasteiger partial charge in [0.1, 0.15) is 11.3 Å². The third kappa shape index (κ3) is 4.42. The molecule has 204 valence electrons. The molecule has 5 aromatic rings. The maximum Gasteiger partial charge on any atom is 0.316 e. The summed E-state index contributed by atoms with van der Waals surface area (Å²) in [4.78, 5) is 41.1. The third-order valence-electron chi connectivity index (χ3n) is 8.67. The van der Waals surface area contributed by atoms with E-state index in [9.17, 15) is 9.59 Å². The molecule has 0 amide bonds. The zero-order valence-electron chi connectivity index (χ0n) is 22.8. The summed E-state index contributed by atoms with van der Waals surface area (Å²) in [6.07, 6.45) is 4.05. The summed E-state index contributed by atoms with van der Waals surface area (Å²) in [6, 6.07) is 21.3. The lowest BCUT2D eigenvalue weighted by molar-refractivity contribution is 0.250. The molecule has 1 aliphatic heterocycles. The van der Waals surface area contributed by atoms with Gasteiger partial charge in [0.05, 0.1) is 22.2 Å². The summed E-state index contributed by atoms with van der Waals surface area (Å²) in [5.74, 6) is 0.904. The van der Waals surface area contributed by atoms with E-state index < -0.39 is 11.1 Å². The topological polar surface area (TPSA) is 90.0 Å². The maximum atomic E-state index is 12.7. The van der Waals surface area contributed by atoms with Gasteiger partial charge >= 0.3 is 11.1 Å². The highest BCUT2D eigenvalue weighted by Crippen LogP contribution is 2.33. The Hall–Kier alpha value is -4.17. The van der Waals surface area contributed by atoms with Gasteiger partial charge in [0.2, 0.25) is 0 Å². The number of hydrogen-bond donors (Lipinski definition) is 2. The smallest absolute Gasteiger partial charge is 0.316 e. The van der Waals surface area contributed by atoms with Crippen molar-refractivity contribution >= 4 is 27.8 Å². The van der Waals surface area contributed by atoms with Crippen molar-refractivity contribution in [2.45, 2.75) is 45.2 Å². The quantitative estimate of drug-likeness (QED) is 0.304. The molecule has 3 heterocycles. The number of anilines is 1. The average molecular weight is 535 g/mol. The number of piperazine rings is 1. The summed E-state index contributed by atoms with van der Waals surface area (Å²) in [7, 11) is 0. The van der Waals surface area contributed by atoms with Gasteiger partial charge in [-0.15, -0.1) is 0 Å². The van der Waals surface area contributed by atoms with Crippen LogP contribution in [0.4, 0.5) is 5.69 Å². The molecule has 8 heteroatoms. The van der Waals surface area contributed by atoms with Crippen molar-refractivity contribution in [3.8, 4) is 11.4 Å².